The molecule has 0 amide bonds. The molecule has 0 unspecified atom stereocenters. The Balaban J connectivity index is 2.03. The highest BCUT2D eigenvalue weighted by molar-refractivity contribution is 6.32. The first-order chi connectivity index (χ1) is 9.97. The highest BCUT2D eigenvalue weighted by Crippen LogP contribution is 2.28. The van der Waals surface area contributed by atoms with Gasteiger partial charge in [-0.05, 0) is 23.1 Å². The van der Waals surface area contributed by atoms with E-state index in [-0.39, 0.29) is 10.7 Å². The van der Waals surface area contributed by atoms with Gasteiger partial charge in [-0.2, -0.15) is 0 Å². The summed E-state index contributed by atoms with van der Waals surface area (Å²) in [5.41, 5.74) is 2.19. The molecule has 0 N–H and O–H groups in total. The highest BCUT2D eigenvalue weighted by Gasteiger charge is 2.12. The zero-order valence-electron chi connectivity index (χ0n) is 11.9. The van der Waals surface area contributed by atoms with Crippen LogP contribution < -0.4 is 4.74 Å². The Kier molecular flexibility index (Phi) is 4.81. The predicted molar refractivity (Wildman–Crippen MR) is 83.0 cm³/mol. The van der Waals surface area contributed by atoms with Gasteiger partial charge in [-0.25, -0.2) is 0 Å². The van der Waals surface area contributed by atoms with Crippen molar-refractivity contribution in [3.63, 3.8) is 0 Å². The molecule has 0 aliphatic carbocycles. The zero-order chi connectivity index (χ0) is 15.4. The van der Waals surface area contributed by atoms with Crippen molar-refractivity contribution < 1.29 is 9.66 Å². The number of rotatable bonds is 5. The largest absolute Gasteiger partial charge is 0.489 e. The number of halogens is 1. The van der Waals surface area contributed by atoms with Gasteiger partial charge in [0, 0.05) is 12.1 Å². The monoisotopic (exact) mass is 305 g/mol. The Morgan fingerprint density at radius 2 is 1.86 bits per heavy atom. The zero-order valence-corrected chi connectivity index (χ0v) is 12.6. The maximum atomic E-state index is 10.7. The summed E-state index contributed by atoms with van der Waals surface area (Å²) in [5, 5.41) is 10.8. The number of benzene rings is 2. The third kappa shape index (κ3) is 3.95. The topological polar surface area (TPSA) is 52.4 Å². The molecule has 0 aliphatic heterocycles. The Morgan fingerprint density at radius 1 is 1.19 bits per heavy atom. The van der Waals surface area contributed by atoms with Crippen LogP contribution in [0.5, 0.6) is 5.75 Å². The molecule has 0 fully saturated rings. The van der Waals surface area contributed by atoms with E-state index >= 15 is 0 Å². The molecule has 0 saturated heterocycles. The summed E-state index contributed by atoms with van der Waals surface area (Å²) in [6.07, 6.45) is 0. The second kappa shape index (κ2) is 6.59. The number of nitro benzene ring substituents is 1. The first-order valence-electron chi connectivity index (χ1n) is 6.63. The molecular weight excluding hydrogens is 290 g/mol. The molecule has 21 heavy (non-hydrogen) atoms. The minimum Gasteiger partial charge on any atom is -0.489 e. The van der Waals surface area contributed by atoms with Crippen molar-refractivity contribution in [1.82, 2.24) is 0 Å². The minimum absolute atomic E-state index is 0.0765. The van der Waals surface area contributed by atoms with Gasteiger partial charge in [-0.1, -0.05) is 49.7 Å². The van der Waals surface area contributed by atoms with Crippen molar-refractivity contribution in [1.29, 1.82) is 0 Å². The molecule has 2 rings (SSSR count). The summed E-state index contributed by atoms with van der Waals surface area (Å²) in [5.74, 6) is 1.01. The van der Waals surface area contributed by atoms with Crippen LogP contribution in [-0.4, -0.2) is 4.92 Å². The second-order valence-electron chi connectivity index (χ2n) is 5.06. The van der Waals surface area contributed by atoms with Crippen molar-refractivity contribution in [2.45, 2.75) is 26.4 Å². The Morgan fingerprint density at radius 3 is 2.38 bits per heavy atom. The standard InChI is InChI=1S/C16H16ClNO3/c1-11(2)13-5-3-12(4-6-13)10-21-14-7-8-16(18(19)20)15(17)9-14/h3-9,11H,10H2,1-2H3. The van der Waals surface area contributed by atoms with Crippen LogP contribution in [0.1, 0.15) is 30.9 Å². The Bertz CT molecular complexity index is 638. The number of nitro groups is 1. The van der Waals surface area contributed by atoms with Gasteiger partial charge in [0.15, 0.2) is 0 Å². The molecule has 0 atom stereocenters. The van der Waals surface area contributed by atoms with E-state index in [4.69, 9.17) is 16.3 Å². The fourth-order valence-electron chi connectivity index (χ4n) is 1.89. The van der Waals surface area contributed by atoms with Gasteiger partial charge in [-0.3, -0.25) is 10.1 Å². The number of nitrogens with zero attached hydrogens (tertiary/aromatic N) is 1. The van der Waals surface area contributed by atoms with Crippen molar-refractivity contribution in [3.05, 3.63) is 68.7 Å². The SMILES string of the molecule is CC(C)c1ccc(COc2ccc([N+](=O)[O-])c(Cl)c2)cc1. The molecule has 0 heterocycles. The molecule has 2 aromatic carbocycles. The minimum atomic E-state index is -0.517. The quantitative estimate of drug-likeness (QED) is 0.580. The molecule has 110 valence electrons. The molecule has 0 bridgehead atoms. The summed E-state index contributed by atoms with van der Waals surface area (Å²) < 4.78 is 5.60. The van der Waals surface area contributed by atoms with Gasteiger partial charge in [0.25, 0.3) is 5.69 Å². The van der Waals surface area contributed by atoms with Gasteiger partial charge in [0.1, 0.15) is 17.4 Å². The molecule has 2 aromatic rings. The van der Waals surface area contributed by atoms with Crippen LogP contribution >= 0.6 is 11.6 Å². The van der Waals surface area contributed by atoms with E-state index in [9.17, 15) is 10.1 Å². The summed E-state index contributed by atoms with van der Waals surface area (Å²) >= 11 is 5.84. The fourth-order valence-corrected chi connectivity index (χ4v) is 2.13. The summed E-state index contributed by atoms with van der Waals surface area (Å²) in [6.45, 7) is 4.68. The fraction of sp³-hybridized carbons (Fsp3) is 0.250. The van der Waals surface area contributed by atoms with Crippen LogP contribution in [-0.2, 0) is 6.61 Å². The first-order valence-corrected chi connectivity index (χ1v) is 7.00. The second-order valence-corrected chi connectivity index (χ2v) is 5.46. The molecular formula is C16H16ClNO3. The normalized spacial score (nSPS) is 10.7. The molecule has 4 nitrogen and oxygen atoms in total. The van der Waals surface area contributed by atoms with E-state index in [0.29, 0.717) is 18.3 Å². The van der Waals surface area contributed by atoms with Crippen LogP contribution in [0.3, 0.4) is 0 Å². The molecule has 0 saturated carbocycles. The molecule has 0 aliphatic rings. The summed E-state index contributed by atoms with van der Waals surface area (Å²) in [7, 11) is 0. The van der Waals surface area contributed by atoms with Crippen molar-refractivity contribution in [2.24, 2.45) is 0 Å². The van der Waals surface area contributed by atoms with Crippen molar-refractivity contribution in [2.75, 3.05) is 0 Å². The predicted octanol–water partition coefficient (Wildman–Crippen LogP) is 4.95. The van der Waals surface area contributed by atoms with E-state index in [1.807, 2.05) is 12.1 Å². The maximum absolute atomic E-state index is 10.7. The summed E-state index contributed by atoms with van der Waals surface area (Å²) in [6, 6.07) is 12.5. The van der Waals surface area contributed by atoms with Gasteiger partial charge >= 0.3 is 0 Å². The Hall–Kier alpha value is -2.07. The average Bonchev–Trinajstić information content (AvgIpc) is 2.45. The lowest BCUT2D eigenvalue weighted by atomic mass is 10.0. The molecule has 0 aromatic heterocycles. The van der Waals surface area contributed by atoms with E-state index in [1.54, 1.807) is 6.07 Å². The van der Waals surface area contributed by atoms with E-state index < -0.39 is 4.92 Å². The highest BCUT2D eigenvalue weighted by atomic mass is 35.5. The van der Waals surface area contributed by atoms with E-state index in [2.05, 4.69) is 26.0 Å². The van der Waals surface area contributed by atoms with Gasteiger partial charge < -0.3 is 4.74 Å². The van der Waals surface area contributed by atoms with Crippen molar-refractivity contribution >= 4 is 17.3 Å². The number of hydrogen-bond donors (Lipinski definition) is 0. The lowest BCUT2D eigenvalue weighted by Crippen LogP contribution is -1.97. The Labute approximate surface area is 128 Å². The van der Waals surface area contributed by atoms with Crippen LogP contribution in [0.25, 0.3) is 0 Å². The van der Waals surface area contributed by atoms with Crippen LogP contribution in [0.4, 0.5) is 5.69 Å². The van der Waals surface area contributed by atoms with Gasteiger partial charge in [0.2, 0.25) is 0 Å². The number of hydrogen-bond acceptors (Lipinski definition) is 3. The van der Waals surface area contributed by atoms with Crippen LogP contribution in [0.15, 0.2) is 42.5 Å². The van der Waals surface area contributed by atoms with Gasteiger partial charge in [-0.15, -0.1) is 0 Å². The van der Waals surface area contributed by atoms with Crippen LogP contribution in [0, 0.1) is 10.1 Å². The lowest BCUT2D eigenvalue weighted by molar-refractivity contribution is -0.384. The van der Waals surface area contributed by atoms with Crippen LogP contribution in [0.2, 0.25) is 5.02 Å². The summed E-state index contributed by atoms with van der Waals surface area (Å²) in [4.78, 5) is 10.2. The third-order valence-corrected chi connectivity index (χ3v) is 3.47. The third-order valence-electron chi connectivity index (χ3n) is 3.17. The van der Waals surface area contributed by atoms with Gasteiger partial charge in [0.05, 0.1) is 4.92 Å². The molecule has 5 heteroatoms. The number of ether oxygens (including phenoxy) is 1. The first kappa shape index (κ1) is 15.3. The smallest absolute Gasteiger partial charge is 0.288 e. The van der Waals surface area contributed by atoms with Crippen molar-refractivity contribution in [3.8, 4) is 5.75 Å². The molecule has 0 radical (unpaired) electrons. The average molecular weight is 306 g/mol. The van der Waals surface area contributed by atoms with E-state index in [0.717, 1.165) is 5.56 Å². The lowest BCUT2D eigenvalue weighted by Gasteiger charge is -2.09. The van der Waals surface area contributed by atoms with E-state index in [1.165, 1.54) is 17.7 Å². The molecule has 0 spiro atoms. The maximum Gasteiger partial charge on any atom is 0.288 e.